The van der Waals surface area contributed by atoms with Crippen LogP contribution < -0.4 is 5.56 Å². The van der Waals surface area contributed by atoms with Gasteiger partial charge in [0.05, 0.1) is 29.3 Å². The van der Waals surface area contributed by atoms with Crippen LogP contribution >= 0.6 is 11.6 Å². The highest BCUT2D eigenvalue weighted by Gasteiger charge is 2.18. The van der Waals surface area contributed by atoms with E-state index in [0.717, 1.165) is 6.42 Å². The number of aromatic nitrogens is 2. The zero-order valence-electron chi connectivity index (χ0n) is 13.1. The minimum absolute atomic E-state index is 0.167. The summed E-state index contributed by atoms with van der Waals surface area (Å²) in [6, 6.07) is 6.53. The van der Waals surface area contributed by atoms with Crippen LogP contribution in [0.4, 0.5) is 0 Å². The lowest BCUT2D eigenvalue weighted by atomic mass is 10.2. The highest BCUT2D eigenvalue weighted by molar-refractivity contribution is 6.31. The lowest BCUT2D eigenvalue weighted by Gasteiger charge is -2.21. The molecule has 0 atom stereocenters. The van der Waals surface area contributed by atoms with Crippen LogP contribution in [-0.4, -0.2) is 27.3 Å². The second-order valence-corrected chi connectivity index (χ2v) is 5.85. The van der Waals surface area contributed by atoms with Crippen LogP contribution in [0.3, 0.4) is 0 Å². The molecule has 0 spiro atoms. The molecule has 0 aliphatic heterocycles. The van der Waals surface area contributed by atoms with Crippen molar-refractivity contribution in [2.45, 2.75) is 19.9 Å². The number of hydrogen-bond acceptors (Lipinski definition) is 4. The smallest absolute Gasteiger partial charge is 0.258 e. The molecule has 0 unspecified atom stereocenters. The predicted molar refractivity (Wildman–Crippen MR) is 91.1 cm³/mol. The van der Waals surface area contributed by atoms with Crippen LogP contribution in [0, 0.1) is 0 Å². The summed E-state index contributed by atoms with van der Waals surface area (Å²) < 4.78 is 4.97. The van der Waals surface area contributed by atoms with E-state index in [1.165, 1.54) is 12.5 Å². The van der Waals surface area contributed by atoms with Gasteiger partial charge in [-0.05, 0) is 30.7 Å². The van der Waals surface area contributed by atoms with E-state index in [0.29, 0.717) is 33.9 Å². The Labute approximate surface area is 143 Å². The van der Waals surface area contributed by atoms with Crippen molar-refractivity contribution in [3.05, 3.63) is 63.6 Å². The van der Waals surface area contributed by atoms with Gasteiger partial charge in [0.2, 0.25) is 0 Å². The molecule has 1 amide bonds. The number of nitrogens with zero attached hydrogens (tertiary/aromatic N) is 2. The van der Waals surface area contributed by atoms with E-state index in [-0.39, 0.29) is 18.0 Å². The summed E-state index contributed by atoms with van der Waals surface area (Å²) in [6.45, 7) is 2.73. The summed E-state index contributed by atoms with van der Waals surface area (Å²) in [5, 5.41) is 0.970. The van der Waals surface area contributed by atoms with Crippen LogP contribution in [0.2, 0.25) is 5.02 Å². The van der Waals surface area contributed by atoms with Gasteiger partial charge in [0, 0.05) is 11.6 Å². The van der Waals surface area contributed by atoms with Gasteiger partial charge in [-0.1, -0.05) is 18.5 Å². The van der Waals surface area contributed by atoms with Crippen LogP contribution in [0.25, 0.3) is 10.9 Å². The monoisotopic (exact) mass is 345 g/mol. The molecule has 2 heterocycles. The van der Waals surface area contributed by atoms with Gasteiger partial charge in [0.25, 0.3) is 11.5 Å². The van der Waals surface area contributed by atoms with E-state index in [2.05, 4.69) is 9.97 Å². The molecule has 3 aromatic rings. The molecular weight excluding hydrogens is 330 g/mol. The minimum Gasteiger partial charge on any atom is -0.472 e. The highest BCUT2D eigenvalue weighted by atomic mass is 35.5. The van der Waals surface area contributed by atoms with Gasteiger partial charge < -0.3 is 14.3 Å². The third kappa shape index (κ3) is 3.33. The average molecular weight is 346 g/mol. The molecule has 2 aromatic heterocycles. The molecule has 0 bridgehead atoms. The van der Waals surface area contributed by atoms with Gasteiger partial charge in [0.15, 0.2) is 0 Å². The number of nitrogens with one attached hydrogen (secondary N) is 1. The molecule has 0 fully saturated rings. The van der Waals surface area contributed by atoms with Crippen molar-refractivity contribution < 1.29 is 9.21 Å². The number of carbonyl (C=O) groups is 1. The summed E-state index contributed by atoms with van der Waals surface area (Å²) >= 11 is 5.97. The molecule has 0 saturated heterocycles. The molecule has 6 nitrogen and oxygen atoms in total. The third-order valence-electron chi connectivity index (χ3n) is 3.61. The van der Waals surface area contributed by atoms with Crippen molar-refractivity contribution in [2.24, 2.45) is 0 Å². The summed E-state index contributed by atoms with van der Waals surface area (Å²) in [4.78, 5) is 33.5. The predicted octanol–water partition coefficient (Wildman–Crippen LogP) is 3.22. The largest absolute Gasteiger partial charge is 0.472 e. The summed E-state index contributed by atoms with van der Waals surface area (Å²) in [5.41, 5.74) is 0.724. The number of halogens is 1. The van der Waals surface area contributed by atoms with E-state index in [1.54, 1.807) is 29.2 Å². The molecule has 24 heavy (non-hydrogen) atoms. The quantitative estimate of drug-likeness (QED) is 0.770. The maximum atomic E-state index is 12.5. The van der Waals surface area contributed by atoms with Gasteiger partial charge in [-0.25, -0.2) is 4.98 Å². The van der Waals surface area contributed by atoms with Crippen LogP contribution in [0.1, 0.15) is 29.5 Å². The van der Waals surface area contributed by atoms with Gasteiger partial charge in [-0.15, -0.1) is 0 Å². The fourth-order valence-corrected chi connectivity index (χ4v) is 2.67. The van der Waals surface area contributed by atoms with Crippen LogP contribution in [0.15, 0.2) is 46.0 Å². The molecule has 0 aliphatic rings. The summed E-state index contributed by atoms with van der Waals surface area (Å²) in [5.74, 6) is 0.250. The van der Waals surface area contributed by atoms with E-state index < -0.39 is 0 Å². The van der Waals surface area contributed by atoms with E-state index >= 15 is 0 Å². The molecular formula is C17H16ClN3O3. The Balaban J connectivity index is 1.93. The number of furan rings is 1. The summed E-state index contributed by atoms with van der Waals surface area (Å²) in [7, 11) is 0. The van der Waals surface area contributed by atoms with E-state index in [4.69, 9.17) is 16.0 Å². The van der Waals surface area contributed by atoms with Gasteiger partial charge in [-0.2, -0.15) is 0 Å². The Morgan fingerprint density at radius 2 is 2.21 bits per heavy atom. The van der Waals surface area contributed by atoms with Crippen LogP contribution in [0.5, 0.6) is 0 Å². The first-order valence-corrected chi connectivity index (χ1v) is 7.96. The lowest BCUT2D eigenvalue weighted by molar-refractivity contribution is 0.0738. The average Bonchev–Trinajstić information content (AvgIpc) is 3.07. The number of rotatable bonds is 5. The number of carbonyl (C=O) groups excluding carboxylic acids is 1. The van der Waals surface area contributed by atoms with Crippen molar-refractivity contribution in [2.75, 3.05) is 6.54 Å². The first-order chi connectivity index (χ1) is 11.6. The standard InChI is InChI=1S/C17H16ClN3O3/c1-2-6-21(17(23)11-5-7-24-10-11)9-15-19-14-8-12(18)3-4-13(14)16(22)20-15/h3-5,7-8,10H,2,6,9H2,1H3,(H,19,20,22). The first kappa shape index (κ1) is 16.3. The molecule has 7 heteroatoms. The van der Waals surface area contributed by atoms with Crippen LogP contribution in [-0.2, 0) is 6.54 Å². The van der Waals surface area contributed by atoms with Gasteiger partial charge in [0.1, 0.15) is 12.1 Å². The first-order valence-electron chi connectivity index (χ1n) is 7.58. The summed E-state index contributed by atoms with van der Waals surface area (Å²) in [6.07, 6.45) is 3.64. The van der Waals surface area contributed by atoms with Crippen molar-refractivity contribution in [3.63, 3.8) is 0 Å². The lowest BCUT2D eigenvalue weighted by Crippen LogP contribution is -2.32. The zero-order chi connectivity index (χ0) is 17.1. The second kappa shape index (κ2) is 6.88. The Kier molecular flexibility index (Phi) is 4.66. The van der Waals surface area contributed by atoms with Crippen molar-refractivity contribution in [1.82, 2.24) is 14.9 Å². The second-order valence-electron chi connectivity index (χ2n) is 5.41. The Hall–Kier alpha value is -2.60. The fourth-order valence-electron chi connectivity index (χ4n) is 2.51. The number of aromatic amines is 1. The Morgan fingerprint density at radius 1 is 1.38 bits per heavy atom. The fraction of sp³-hybridized carbons (Fsp3) is 0.235. The number of fused-ring (bicyclic) bond motifs is 1. The normalized spacial score (nSPS) is 10.9. The topological polar surface area (TPSA) is 79.2 Å². The van der Waals surface area contributed by atoms with E-state index in [1.807, 2.05) is 6.92 Å². The SMILES string of the molecule is CCCN(Cc1nc2cc(Cl)ccc2c(=O)[nH]1)C(=O)c1ccoc1. The maximum Gasteiger partial charge on any atom is 0.258 e. The molecule has 0 saturated carbocycles. The highest BCUT2D eigenvalue weighted by Crippen LogP contribution is 2.15. The van der Waals surface area contributed by atoms with Crippen molar-refractivity contribution in [3.8, 4) is 0 Å². The Morgan fingerprint density at radius 3 is 2.92 bits per heavy atom. The molecule has 1 aromatic carbocycles. The van der Waals surface area contributed by atoms with Crippen molar-refractivity contribution >= 4 is 28.4 Å². The molecule has 3 rings (SSSR count). The molecule has 0 aliphatic carbocycles. The van der Waals surface area contributed by atoms with Gasteiger partial charge in [-0.3, -0.25) is 9.59 Å². The Bertz CT molecular complexity index is 918. The number of amides is 1. The number of hydrogen-bond donors (Lipinski definition) is 1. The molecule has 124 valence electrons. The molecule has 1 N–H and O–H groups in total. The number of H-pyrrole nitrogens is 1. The molecule has 0 radical (unpaired) electrons. The minimum atomic E-state index is -0.251. The van der Waals surface area contributed by atoms with Crippen molar-refractivity contribution in [1.29, 1.82) is 0 Å². The zero-order valence-corrected chi connectivity index (χ0v) is 13.8. The third-order valence-corrected chi connectivity index (χ3v) is 3.84. The number of benzene rings is 1. The van der Waals surface area contributed by atoms with Gasteiger partial charge >= 0.3 is 0 Å². The maximum absolute atomic E-state index is 12.5. The van der Waals surface area contributed by atoms with E-state index in [9.17, 15) is 9.59 Å².